The minimum atomic E-state index is -4.54. The molecule has 1 unspecified atom stereocenters. The van der Waals surface area contributed by atoms with E-state index in [0.717, 1.165) is 12.1 Å². The second-order valence-electron chi connectivity index (χ2n) is 4.60. The lowest BCUT2D eigenvalue weighted by Crippen LogP contribution is -2.35. The quantitative estimate of drug-likeness (QED) is 0.821. The lowest BCUT2D eigenvalue weighted by molar-refractivity contribution is -0.153. The van der Waals surface area contributed by atoms with E-state index >= 15 is 0 Å². The smallest absolute Gasteiger partial charge is 0.422 e. The van der Waals surface area contributed by atoms with Crippen molar-refractivity contribution in [3.63, 3.8) is 0 Å². The molecule has 8 heteroatoms. The molecule has 0 bridgehead atoms. The van der Waals surface area contributed by atoms with E-state index in [1.54, 1.807) is 7.05 Å². The Bertz CT molecular complexity index is 505. The largest absolute Gasteiger partial charge is 0.481 e. The van der Waals surface area contributed by atoms with E-state index in [1.807, 2.05) is 0 Å². The molecular weight excluding hydrogens is 294 g/mol. The van der Waals surface area contributed by atoms with Gasteiger partial charge in [-0.1, -0.05) is 6.07 Å². The Hall–Kier alpha value is -1.83. The van der Waals surface area contributed by atoms with Crippen LogP contribution in [-0.2, 0) is 11.3 Å². The van der Waals surface area contributed by atoms with Crippen molar-refractivity contribution in [1.29, 1.82) is 0 Å². The summed E-state index contributed by atoms with van der Waals surface area (Å²) in [6.45, 7) is 0.0443. The van der Waals surface area contributed by atoms with Gasteiger partial charge in [-0.2, -0.15) is 13.2 Å². The Labute approximate surface area is 118 Å². The second kappa shape index (κ2) is 6.75. The predicted octanol–water partition coefficient (Wildman–Crippen LogP) is 2.67. The molecule has 0 radical (unpaired) electrons. The fourth-order valence-corrected chi connectivity index (χ4v) is 1.53. The highest BCUT2D eigenvalue weighted by Gasteiger charge is 2.29. The standard InChI is InChI=1S/C13H15F4NO3/c1-8(12(19)20)18(2)6-9-3-4-11(10(14)5-9)21-7-13(15,16)17/h3-5,8H,6-7H2,1-2H3,(H,19,20). The molecule has 0 fully saturated rings. The maximum absolute atomic E-state index is 13.6. The number of likely N-dealkylation sites (N-methyl/N-ethyl adjacent to an activating group) is 1. The third kappa shape index (κ3) is 5.58. The third-order valence-electron chi connectivity index (χ3n) is 2.84. The van der Waals surface area contributed by atoms with Gasteiger partial charge in [-0.15, -0.1) is 0 Å². The van der Waals surface area contributed by atoms with Gasteiger partial charge < -0.3 is 9.84 Å². The van der Waals surface area contributed by atoms with Gasteiger partial charge in [-0.3, -0.25) is 9.69 Å². The van der Waals surface area contributed by atoms with Crippen LogP contribution >= 0.6 is 0 Å². The Morgan fingerprint density at radius 3 is 2.52 bits per heavy atom. The van der Waals surface area contributed by atoms with Gasteiger partial charge in [-0.05, 0) is 31.7 Å². The summed E-state index contributed by atoms with van der Waals surface area (Å²) in [5, 5.41) is 8.83. The summed E-state index contributed by atoms with van der Waals surface area (Å²) in [6, 6.07) is 2.74. The van der Waals surface area contributed by atoms with Crippen molar-refractivity contribution in [2.75, 3.05) is 13.7 Å². The fraction of sp³-hybridized carbons (Fsp3) is 0.462. The molecule has 0 saturated carbocycles. The highest BCUT2D eigenvalue weighted by atomic mass is 19.4. The van der Waals surface area contributed by atoms with Gasteiger partial charge in [0.05, 0.1) is 0 Å². The van der Waals surface area contributed by atoms with Crippen LogP contribution in [0.5, 0.6) is 5.75 Å². The zero-order valence-corrected chi connectivity index (χ0v) is 11.4. The molecule has 1 atom stereocenters. The van der Waals surface area contributed by atoms with Crippen LogP contribution in [0.15, 0.2) is 18.2 Å². The highest BCUT2D eigenvalue weighted by molar-refractivity contribution is 5.72. The zero-order valence-electron chi connectivity index (χ0n) is 11.4. The third-order valence-corrected chi connectivity index (χ3v) is 2.84. The lowest BCUT2D eigenvalue weighted by atomic mass is 10.1. The Balaban J connectivity index is 2.72. The Morgan fingerprint density at radius 1 is 1.43 bits per heavy atom. The summed E-state index contributed by atoms with van der Waals surface area (Å²) >= 11 is 0. The van der Waals surface area contributed by atoms with Crippen molar-refractivity contribution in [1.82, 2.24) is 4.90 Å². The Morgan fingerprint density at radius 2 is 2.05 bits per heavy atom. The number of rotatable bonds is 6. The number of carbonyl (C=O) groups is 1. The van der Waals surface area contributed by atoms with E-state index in [2.05, 4.69) is 4.74 Å². The van der Waals surface area contributed by atoms with E-state index in [-0.39, 0.29) is 6.54 Å². The molecule has 1 rings (SSSR count). The van der Waals surface area contributed by atoms with E-state index < -0.39 is 36.4 Å². The van der Waals surface area contributed by atoms with Crippen molar-refractivity contribution in [3.8, 4) is 5.75 Å². The number of carboxylic acid groups (broad SMARTS) is 1. The van der Waals surface area contributed by atoms with Crippen LogP contribution in [-0.4, -0.2) is 41.8 Å². The van der Waals surface area contributed by atoms with Crippen molar-refractivity contribution < 1.29 is 32.2 Å². The molecule has 21 heavy (non-hydrogen) atoms. The maximum atomic E-state index is 13.6. The van der Waals surface area contributed by atoms with Gasteiger partial charge in [-0.25, -0.2) is 4.39 Å². The minimum absolute atomic E-state index is 0.143. The molecule has 118 valence electrons. The molecule has 1 N–H and O–H groups in total. The monoisotopic (exact) mass is 309 g/mol. The minimum Gasteiger partial charge on any atom is -0.481 e. The summed E-state index contributed by atoms with van der Waals surface area (Å²) in [5.74, 6) is -2.44. The Kier molecular flexibility index (Phi) is 5.54. The molecule has 4 nitrogen and oxygen atoms in total. The van der Waals surface area contributed by atoms with Gasteiger partial charge in [0.1, 0.15) is 6.04 Å². The van der Waals surface area contributed by atoms with Gasteiger partial charge in [0.25, 0.3) is 0 Å². The number of halogens is 4. The lowest BCUT2D eigenvalue weighted by Gasteiger charge is -2.21. The predicted molar refractivity (Wildman–Crippen MR) is 66.5 cm³/mol. The average molecular weight is 309 g/mol. The number of nitrogens with zero attached hydrogens (tertiary/aromatic N) is 1. The molecule has 0 aliphatic rings. The number of alkyl halides is 3. The van der Waals surface area contributed by atoms with Crippen molar-refractivity contribution in [2.45, 2.75) is 25.7 Å². The van der Waals surface area contributed by atoms with Crippen LogP contribution in [0.25, 0.3) is 0 Å². The van der Waals surface area contributed by atoms with Crippen LogP contribution in [0.1, 0.15) is 12.5 Å². The molecule has 0 aliphatic carbocycles. The molecule has 0 heterocycles. The summed E-state index contributed by atoms with van der Waals surface area (Å²) in [6.07, 6.45) is -4.54. The van der Waals surface area contributed by atoms with Crippen LogP contribution in [0.4, 0.5) is 17.6 Å². The summed E-state index contributed by atoms with van der Waals surface area (Å²) in [7, 11) is 1.55. The summed E-state index contributed by atoms with van der Waals surface area (Å²) < 4.78 is 53.9. The SMILES string of the molecule is CC(C(=O)O)N(C)Cc1ccc(OCC(F)(F)F)c(F)c1. The molecule has 1 aromatic rings. The first-order chi connectivity index (χ1) is 9.60. The van der Waals surface area contributed by atoms with Gasteiger partial charge in [0.15, 0.2) is 18.2 Å². The van der Waals surface area contributed by atoms with E-state index in [0.29, 0.717) is 5.56 Å². The first kappa shape index (κ1) is 17.2. The molecule has 0 aromatic heterocycles. The summed E-state index contributed by atoms with van der Waals surface area (Å²) in [4.78, 5) is 12.3. The molecular formula is C13H15F4NO3. The first-order valence-corrected chi connectivity index (χ1v) is 6.01. The summed E-state index contributed by atoms with van der Waals surface area (Å²) in [5.41, 5.74) is 0.433. The van der Waals surface area contributed by atoms with Gasteiger partial charge in [0, 0.05) is 6.54 Å². The van der Waals surface area contributed by atoms with Gasteiger partial charge in [0.2, 0.25) is 0 Å². The number of aliphatic carboxylic acids is 1. The van der Waals surface area contributed by atoms with Crippen molar-refractivity contribution in [2.24, 2.45) is 0 Å². The number of carboxylic acids is 1. The van der Waals surface area contributed by atoms with Crippen molar-refractivity contribution in [3.05, 3.63) is 29.6 Å². The average Bonchev–Trinajstić information content (AvgIpc) is 2.35. The zero-order chi connectivity index (χ0) is 16.2. The normalized spacial score (nSPS) is 13.3. The molecule has 0 spiro atoms. The maximum Gasteiger partial charge on any atom is 0.422 e. The molecule has 0 amide bonds. The number of hydrogen-bond acceptors (Lipinski definition) is 3. The van der Waals surface area contributed by atoms with Crippen molar-refractivity contribution >= 4 is 5.97 Å². The molecule has 0 saturated heterocycles. The van der Waals surface area contributed by atoms with Crippen LogP contribution in [0.2, 0.25) is 0 Å². The van der Waals surface area contributed by atoms with Crippen LogP contribution < -0.4 is 4.74 Å². The number of hydrogen-bond donors (Lipinski definition) is 1. The fourth-order valence-electron chi connectivity index (χ4n) is 1.53. The molecule has 0 aliphatic heterocycles. The number of ether oxygens (including phenoxy) is 1. The topological polar surface area (TPSA) is 49.8 Å². The van der Waals surface area contributed by atoms with Crippen LogP contribution in [0, 0.1) is 5.82 Å². The first-order valence-electron chi connectivity index (χ1n) is 6.01. The number of benzene rings is 1. The van der Waals surface area contributed by atoms with Crippen LogP contribution in [0.3, 0.4) is 0 Å². The van der Waals surface area contributed by atoms with Gasteiger partial charge >= 0.3 is 12.1 Å². The van der Waals surface area contributed by atoms with E-state index in [9.17, 15) is 22.4 Å². The van der Waals surface area contributed by atoms with E-state index in [4.69, 9.17) is 5.11 Å². The second-order valence-corrected chi connectivity index (χ2v) is 4.60. The molecule has 1 aromatic carbocycles. The highest BCUT2D eigenvalue weighted by Crippen LogP contribution is 2.22. The van der Waals surface area contributed by atoms with E-state index in [1.165, 1.54) is 17.9 Å².